The number of carbonyl (C=O) groups excluding carboxylic acids is 1. The topological polar surface area (TPSA) is 44.1 Å². The van der Waals surface area contributed by atoms with Crippen LogP contribution in [-0.4, -0.2) is 23.9 Å². The fourth-order valence-corrected chi connectivity index (χ4v) is 2.71. The van der Waals surface area contributed by atoms with Gasteiger partial charge in [0.05, 0.1) is 12.0 Å². The summed E-state index contributed by atoms with van der Waals surface area (Å²) in [5.74, 6) is 0.652. The zero-order valence-corrected chi connectivity index (χ0v) is 9.11. The SMILES string of the molecule is N#CC1CCCN(C(=O)C2CCCC2)C1. The van der Waals surface area contributed by atoms with E-state index in [1.807, 2.05) is 4.90 Å². The lowest BCUT2D eigenvalue weighted by molar-refractivity contribution is -0.136. The van der Waals surface area contributed by atoms with E-state index in [9.17, 15) is 4.79 Å². The normalized spacial score (nSPS) is 27.7. The van der Waals surface area contributed by atoms with Gasteiger partial charge in [-0.2, -0.15) is 5.26 Å². The second-order valence-corrected chi connectivity index (χ2v) is 4.73. The molecule has 1 aliphatic carbocycles. The van der Waals surface area contributed by atoms with Crippen molar-refractivity contribution in [2.45, 2.75) is 38.5 Å². The van der Waals surface area contributed by atoms with Crippen LogP contribution < -0.4 is 0 Å². The van der Waals surface area contributed by atoms with Crippen molar-refractivity contribution in [3.05, 3.63) is 0 Å². The molecule has 0 N–H and O–H groups in total. The maximum atomic E-state index is 12.1. The molecule has 3 nitrogen and oxygen atoms in total. The maximum absolute atomic E-state index is 12.1. The molecular weight excluding hydrogens is 188 g/mol. The third-order valence-corrected chi connectivity index (χ3v) is 3.62. The molecule has 2 aliphatic rings. The molecule has 3 heteroatoms. The van der Waals surface area contributed by atoms with E-state index in [2.05, 4.69) is 6.07 Å². The lowest BCUT2D eigenvalue weighted by Crippen LogP contribution is -2.42. The van der Waals surface area contributed by atoms with Crippen LogP contribution in [0.15, 0.2) is 0 Å². The van der Waals surface area contributed by atoms with Gasteiger partial charge < -0.3 is 4.90 Å². The molecule has 2 rings (SSSR count). The van der Waals surface area contributed by atoms with Gasteiger partial charge in [0.2, 0.25) is 5.91 Å². The average Bonchev–Trinajstić information content (AvgIpc) is 2.81. The summed E-state index contributed by atoms with van der Waals surface area (Å²) in [6, 6.07) is 2.29. The Bertz CT molecular complexity index is 276. The molecule has 1 heterocycles. The number of hydrogen-bond donors (Lipinski definition) is 0. The molecule has 1 aliphatic heterocycles. The van der Waals surface area contributed by atoms with E-state index >= 15 is 0 Å². The van der Waals surface area contributed by atoms with Crippen LogP contribution in [0.1, 0.15) is 38.5 Å². The Morgan fingerprint density at radius 2 is 1.93 bits per heavy atom. The van der Waals surface area contributed by atoms with Gasteiger partial charge in [-0.05, 0) is 25.7 Å². The number of amides is 1. The fraction of sp³-hybridized carbons (Fsp3) is 0.833. The molecule has 0 aromatic rings. The Labute approximate surface area is 91.1 Å². The van der Waals surface area contributed by atoms with Gasteiger partial charge in [0.15, 0.2) is 0 Å². The number of nitrogens with zero attached hydrogens (tertiary/aromatic N) is 2. The van der Waals surface area contributed by atoms with Crippen molar-refractivity contribution in [1.82, 2.24) is 4.90 Å². The summed E-state index contributed by atoms with van der Waals surface area (Å²) in [6.07, 6.45) is 6.48. The van der Waals surface area contributed by atoms with Gasteiger partial charge in [0.25, 0.3) is 0 Å². The minimum atomic E-state index is 0.0732. The zero-order valence-electron chi connectivity index (χ0n) is 9.11. The highest BCUT2D eigenvalue weighted by Gasteiger charge is 2.30. The van der Waals surface area contributed by atoms with Crippen molar-refractivity contribution in [1.29, 1.82) is 5.26 Å². The Morgan fingerprint density at radius 3 is 2.60 bits per heavy atom. The Kier molecular flexibility index (Phi) is 3.25. The van der Waals surface area contributed by atoms with Crippen molar-refractivity contribution in [3.63, 3.8) is 0 Å². The highest BCUT2D eigenvalue weighted by atomic mass is 16.2. The van der Waals surface area contributed by atoms with Crippen LogP contribution in [0, 0.1) is 23.2 Å². The molecule has 0 aromatic carbocycles. The molecule has 82 valence electrons. The Balaban J connectivity index is 1.92. The number of piperidine rings is 1. The molecule has 1 saturated carbocycles. The molecule has 2 fully saturated rings. The maximum Gasteiger partial charge on any atom is 0.225 e. The second kappa shape index (κ2) is 4.65. The van der Waals surface area contributed by atoms with Gasteiger partial charge in [0, 0.05) is 19.0 Å². The van der Waals surface area contributed by atoms with Crippen LogP contribution in [0.5, 0.6) is 0 Å². The smallest absolute Gasteiger partial charge is 0.225 e. The molecule has 1 unspecified atom stereocenters. The van der Waals surface area contributed by atoms with E-state index in [-0.39, 0.29) is 11.8 Å². The van der Waals surface area contributed by atoms with Gasteiger partial charge in [-0.1, -0.05) is 12.8 Å². The largest absolute Gasteiger partial charge is 0.341 e. The van der Waals surface area contributed by atoms with Gasteiger partial charge >= 0.3 is 0 Å². The van der Waals surface area contributed by atoms with Crippen LogP contribution >= 0.6 is 0 Å². The predicted octanol–water partition coefficient (Wildman–Crippen LogP) is 1.94. The van der Waals surface area contributed by atoms with Gasteiger partial charge in [-0.3, -0.25) is 4.79 Å². The van der Waals surface area contributed by atoms with Crippen LogP contribution in [0.2, 0.25) is 0 Å². The van der Waals surface area contributed by atoms with E-state index in [0.717, 1.165) is 32.2 Å². The molecule has 0 aromatic heterocycles. The van der Waals surface area contributed by atoms with Crippen molar-refractivity contribution in [2.75, 3.05) is 13.1 Å². The molecule has 0 bridgehead atoms. The minimum absolute atomic E-state index is 0.0732. The zero-order chi connectivity index (χ0) is 10.7. The second-order valence-electron chi connectivity index (χ2n) is 4.73. The third-order valence-electron chi connectivity index (χ3n) is 3.62. The van der Waals surface area contributed by atoms with E-state index in [0.29, 0.717) is 12.5 Å². The van der Waals surface area contributed by atoms with Crippen molar-refractivity contribution in [2.24, 2.45) is 11.8 Å². The van der Waals surface area contributed by atoms with Gasteiger partial charge in [0.1, 0.15) is 0 Å². The van der Waals surface area contributed by atoms with E-state index in [1.165, 1.54) is 12.8 Å². The van der Waals surface area contributed by atoms with Crippen LogP contribution in [0.25, 0.3) is 0 Å². The molecule has 1 amide bonds. The van der Waals surface area contributed by atoms with Gasteiger partial charge in [-0.25, -0.2) is 0 Å². The first-order valence-electron chi connectivity index (χ1n) is 5.99. The first-order valence-corrected chi connectivity index (χ1v) is 5.99. The summed E-state index contributed by atoms with van der Waals surface area (Å²) in [7, 11) is 0. The first-order chi connectivity index (χ1) is 7.31. The number of hydrogen-bond acceptors (Lipinski definition) is 2. The number of nitriles is 1. The van der Waals surface area contributed by atoms with Gasteiger partial charge in [-0.15, -0.1) is 0 Å². The molecule has 1 saturated heterocycles. The summed E-state index contributed by atoms with van der Waals surface area (Å²) in [6.45, 7) is 1.54. The van der Waals surface area contributed by atoms with E-state index in [1.54, 1.807) is 0 Å². The van der Waals surface area contributed by atoms with E-state index < -0.39 is 0 Å². The summed E-state index contributed by atoms with van der Waals surface area (Å²) in [5, 5.41) is 8.87. The summed E-state index contributed by atoms with van der Waals surface area (Å²) >= 11 is 0. The van der Waals surface area contributed by atoms with Crippen molar-refractivity contribution >= 4 is 5.91 Å². The standard InChI is InChI=1S/C12H18N2O/c13-8-10-4-3-7-14(9-10)12(15)11-5-1-2-6-11/h10-11H,1-7,9H2. The monoisotopic (exact) mass is 206 g/mol. The summed E-state index contributed by atoms with van der Waals surface area (Å²) < 4.78 is 0. The van der Waals surface area contributed by atoms with Crippen molar-refractivity contribution in [3.8, 4) is 6.07 Å². The molecule has 0 radical (unpaired) electrons. The Hall–Kier alpha value is -1.04. The molecule has 1 atom stereocenters. The number of likely N-dealkylation sites (tertiary alicyclic amines) is 1. The van der Waals surface area contributed by atoms with Crippen LogP contribution in [0.4, 0.5) is 0 Å². The highest BCUT2D eigenvalue weighted by Crippen LogP contribution is 2.28. The predicted molar refractivity (Wildman–Crippen MR) is 56.9 cm³/mol. The van der Waals surface area contributed by atoms with Crippen molar-refractivity contribution < 1.29 is 4.79 Å². The fourth-order valence-electron chi connectivity index (χ4n) is 2.71. The molecule has 0 spiro atoms. The average molecular weight is 206 g/mol. The third kappa shape index (κ3) is 2.31. The lowest BCUT2D eigenvalue weighted by Gasteiger charge is -2.31. The minimum Gasteiger partial charge on any atom is -0.341 e. The van der Waals surface area contributed by atoms with E-state index in [4.69, 9.17) is 5.26 Å². The van der Waals surface area contributed by atoms with Crippen LogP contribution in [0.3, 0.4) is 0 Å². The summed E-state index contributed by atoms with van der Waals surface area (Å²) in [5.41, 5.74) is 0. The Morgan fingerprint density at radius 1 is 1.20 bits per heavy atom. The number of rotatable bonds is 1. The summed E-state index contributed by atoms with van der Waals surface area (Å²) in [4.78, 5) is 14.0. The number of carbonyl (C=O) groups is 1. The lowest BCUT2D eigenvalue weighted by atomic mass is 9.97. The highest BCUT2D eigenvalue weighted by molar-refractivity contribution is 5.79. The molecule has 15 heavy (non-hydrogen) atoms. The quantitative estimate of drug-likeness (QED) is 0.658. The first kappa shape index (κ1) is 10.5. The molecular formula is C12H18N2O. The van der Waals surface area contributed by atoms with Crippen LogP contribution in [-0.2, 0) is 4.79 Å².